The van der Waals surface area contributed by atoms with E-state index in [0.717, 1.165) is 16.6 Å². The maximum atomic E-state index is 11.7. The van der Waals surface area contributed by atoms with E-state index in [1.54, 1.807) is 6.92 Å². The van der Waals surface area contributed by atoms with Crippen LogP contribution < -0.4 is 0 Å². The lowest BCUT2D eigenvalue weighted by atomic mass is 9.94. The second-order valence-corrected chi connectivity index (χ2v) is 5.55. The first-order valence-electron chi connectivity index (χ1n) is 5.67. The number of hydrogen-bond acceptors (Lipinski definition) is 1. The van der Waals surface area contributed by atoms with Crippen molar-refractivity contribution in [3.63, 3.8) is 0 Å². The zero-order valence-electron chi connectivity index (χ0n) is 10.9. The minimum Gasteiger partial charge on any atom is -0.330 e. The number of aryl methyl sites for hydroxylation is 1. The SMILES string of the molecule is CC(=O)C(C[N+](C)(C)C)c1ccc(C)cc1. The van der Waals surface area contributed by atoms with E-state index < -0.39 is 0 Å². The molecule has 2 nitrogen and oxygen atoms in total. The molecule has 0 saturated heterocycles. The van der Waals surface area contributed by atoms with Crippen LogP contribution in [0.25, 0.3) is 0 Å². The summed E-state index contributed by atoms with van der Waals surface area (Å²) in [6, 6.07) is 8.27. The van der Waals surface area contributed by atoms with Crippen LogP contribution in [0.1, 0.15) is 24.0 Å². The third-order valence-electron chi connectivity index (χ3n) is 2.70. The fourth-order valence-electron chi connectivity index (χ4n) is 1.82. The smallest absolute Gasteiger partial charge is 0.142 e. The molecule has 0 heterocycles. The molecule has 0 aromatic heterocycles. The summed E-state index contributed by atoms with van der Waals surface area (Å²) in [4.78, 5) is 11.7. The average molecular weight is 220 g/mol. The van der Waals surface area contributed by atoms with Gasteiger partial charge in [-0.3, -0.25) is 4.79 Å². The highest BCUT2D eigenvalue weighted by atomic mass is 16.1. The molecule has 1 aromatic rings. The second kappa shape index (κ2) is 4.79. The number of carbonyl (C=O) groups is 1. The van der Waals surface area contributed by atoms with Crippen LogP contribution in [0.2, 0.25) is 0 Å². The first-order valence-corrected chi connectivity index (χ1v) is 5.67. The largest absolute Gasteiger partial charge is 0.330 e. The molecule has 2 heteroatoms. The van der Waals surface area contributed by atoms with Crippen LogP contribution >= 0.6 is 0 Å². The van der Waals surface area contributed by atoms with Crippen molar-refractivity contribution in [1.82, 2.24) is 0 Å². The number of benzene rings is 1. The van der Waals surface area contributed by atoms with Gasteiger partial charge in [-0.15, -0.1) is 0 Å². The van der Waals surface area contributed by atoms with Crippen LogP contribution in [0, 0.1) is 6.92 Å². The maximum absolute atomic E-state index is 11.7. The van der Waals surface area contributed by atoms with Crippen molar-refractivity contribution < 1.29 is 9.28 Å². The van der Waals surface area contributed by atoms with Crippen LogP contribution in [0.4, 0.5) is 0 Å². The molecule has 0 aliphatic heterocycles. The number of carbonyl (C=O) groups excluding carboxylic acids is 1. The van der Waals surface area contributed by atoms with Crippen molar-refractivity contribution >= 4 is 5.78 Å². The summed E-state index contributed by atoms with van der Waals surface area (Å²) < 4.78 is 0.804. The molecule has 1 rings (SSSR count). The van der Waals surface area contributed by atoms with Gasteiger partial charge >= 0.3 is 0 Å². The maximum Gasteiger partial charge on any atom is 0.142 e. The fraction of sp³-hybridized carbons (Fsp3) is 0.500. The van der Waals surface area contributed by atoms with E-state index in [1.807, 2.05) is 0 Å². The number of nitrogens with zero attached hydrogens (tertiary/aromatic N) is 1. The summed E-state index contributed by atoms with van der Waals surface area (Å²) >= 11 is 0. The topological polar surface area (TPSA) is 17.1 Å². The van der Waals surface area contributed by atoms with Crippen molar-refractivity contribution in [3.8, 4) is 0 Å². The lowest BCUT2D eigenvalue weighted by Gasteiger charge is -2.28. The lowest BCUT2D eigenvalue weighted by Crippen LogP contribution is -2.40. The molecular weight excluding hydrogens is 198 g/mol. The Morgan fingerprint density at radius 1 is 1.19 bits per heavy atom. The molecule has 16 heavy (non-hydrogen) atoms. The van der Waals surface area contributed by atoms with Gasteiger partial charge in [-0.25, -0.2) is 0 Å². The van der Waals surface area contributed by atoms with E-state index in [4.69, 9.17) is 0 Å². The highest BCUT2D eigenvalue weighted by molar-refractivity contribution is 5.83. The Balaban J connectivity index is 2.94. The molecule has 0 aliphatic carbocycles. The predicted molar refractivity (Wildman–Crippen MR) is 67.5 cm³/mol. The standard InChI is InChI=1S/C14H22NO/c1-11-6-8-13(9-7-11)14(12(2)16)10-15(3,4)5/h6-9,14H,10H2,1-5H3/q+1. The molecule has 0 N–H and O–H groups in total. The summed E-state index contributed by atoms with van der Waals surface area (Å²) in [7, 11) is 6.35. The summed E-state index contributed by atoms with van der Waals surface area (Å²) in [5.74, 6) is 0.262. The highest BCUT2D eigenvalue weighted by Gasteiger charge is 2.23. The average Bonchev–Trinajstić information content (AvgIpc) is 2.14. The Morgan fingerprint density at radius 2 is 1.69 bits per heavy atom. The zero-order chi connectivity index (χ0) is 12.3. The lowest BCUT2D eigenvalue weighted by molar-refractivity contribution is -0.870. The Morgan fingerprint density at radius 3 is 2.06 bits per heavy atom. The number of ketones is 1. The molecule has 88 valence electrons. The van der Waals surface area contributed by atoms with Crippen molar-refractivity contribution in [2.24, 2.45) is 0 Å². The summed E-state index contributed by atoms with van der Waals surface area (Å²) in [5, 5.41) is 0. The molecule has 0 bridgehead atoms. The molecule has 0 saturated carbocycles. The van der Waals surface area contributed by atoms with Gasteiger partial charge in [0.1, 0.15) is 5.78 Å². The van der Waals surface area contributed by atoms with Crippen LogP contribution in [-0.2, 0) is 4.79 Å². The van der Waals surface area contributed by atoms with Crippen molar-refractivity contribution in [2.45, 2.75) is 19.8 Å². The van der Waals surface area contributed by atoms with Gasteiger partial charge in [0.05, 0.1) is 33.6 Å². The first-order chi connectivity index (χ1) is 7.29. The number of hydrogen-bond donors (Lipinski definition) is 0. The summed E-state index contributed by atoms with van der Waals surface area (Å²) in [5.41, 5.74) is 2.36. The molecule has 1 unspecified atom stereocenters. The van der Waals surface area contributed by atoms with Gasteiger partial charge in [0.25, 0.3) is 0 Å². The minimum absolute atomic E-state index is 0.0144. The van der Waals surface area contributed by atoms with Crippen molar-refractivity contribution in [1.29, 1.82) is 0 Å². The van der Waals surface area contributed by atoms with Crippen molar-refractivity contribution in [2.75, 3.05) is 27.7 Å². The minimum atomic E-state index is 0.0144. The van der Waals surface area contributed by atoms with E-state index in [9.17, 15) is 4.79 Å². The van der Waals surface area contributed by atoms with Crippen LogP contribution in [0.3, 0.4) is 0 Å². The van der Waals surface area contributed by atoms with Gasteiger partial charge in [-0.1, -0.05) is 29.8 Å². The normalized spacial score (nSPS) is 13.6. The van der Waals surface area contributed by atoms with Gasteiger partial charge in [0, 0.05) is 0 Å². The van der Waals surface area contributed by atoms with E-state index in [0.29, 0.717) is 0 Å². The third kappa shape index (κ3) is 3.78. The Kier molecular flexibility index (Phi) is 3.87. The Labute approximate surface area is 98.5 Å². The predicted octanol–water partition coefficient (Wildman–Crippen LogP) is 2.37. The number of Topliss-reactive ketones (excluding diaryl/α,β-unsaturated/α-hetero) is 1. The van der Waals surface area contributed by atoms with Gasteiger partial charge in [0.15, 0.2) is 0 Å². The van der Waals surface area contributed by atoms with E-state index in [2.05, 4.69) is 52.3 Å². The monoisotopic (exact) mass is 220 g/mol. The molecule has 0 radical (unpaired) electrons. The molecule has 1 atom stereocenters. The Hall–Kier alpha value is -1.15. The van der Waals surface area contributed by atoms with E-state index >= 15 is 0 Å². The van der Waals surface area contributed by atoms with Gasteiger partial charge < -0.3 is 4.48 Å². The zero-order valence-corrected chi connectivity index (χ0v) is 10.9. The quantitative estimate of drug-likeness (QED) is 0.712. The number of likely N-dealkylation sites (N-methyl/N-ethyl adjacent to an activating group) is 1. The number of quaternary nitrogens is 1. The first kappa shape index (κ1) is 12.9. The molecule has 0 amide bonds. The number of rotatable bonds is 4. The van der Waals surface area contributed by atoms with Crippen LogP contribution in [0.5, 0.6) is 0 Å². The molecule has 0 fully saturated rings. The third-order valence-corrected chi connectivity index (χ3v) is 2.70. The highest BCUT2D eigenvalue weighted by Crippen LogP contribution is 2.20. The summed E-state index contributed by atoms with van der Waals surface area (Å²) in [6.45, 7) is 4.59. The van der Waals surface area contributed by atoms with Gasteiger partial charge in [-0.2, -0.15) is 0 Å². The second-order valence-electron chi connectivity index (χ2n) is 5.55. The van der Waals surface area contributed by atoms with E-state index in [1.165, 1.54) is 5.56 Å². The van der Waals surface area contributed by atoms with Crippen molar-refractivity contribution in [3.05, 3.63) is 35.4 Å². The summed E-state index contributed by atoms with van der Waals surface area (Å²) in [6.07, 6.45) is 0. The van der Waals surface area contributed by atoms with Crippen LogP contribution in [0.15, 0.2) is 24.3 Å². The van der Waals surface area contributed by atoms with Gasteiger partial charge in [0.2, 0.25) is 0 Å². The molecule has 1 aromatic carbocycles. The van der Waals surface area contributed by atoms with Crippen LogP contribution in [-0.4, -0.2) is 38.0 Å². The molecule has 0 aliphatic rings. The fourth-order valence-corrected chi connectivity index (χ4v) is 1.82. The molecular formula is C14H22NO+. The van der Waals surface area contributed by atoms with Gasteiger partial charge in [-0.05, 0) is 19.4 Å². The van der Waals surface area contributed by atoms with E-state index in [-0.39, 0.29) is 11.7 Å². The molecule has 0 spiro atoms. The Bertz CT molecular complexity index is 359.